The Morgan fingerprint density at radius 3 is 2.73 bits per heavy atom. The number of nitrogens with one attached hydrogen (secondary N) is 2. The summed E-state index contributed by atoms with van der Waals surface area (Å²) in [7, 11) is 1.85. The van der Waals surface area contributed by atoms with Gasteiger partial charge in [-0.2, -0.15) is 0 Å². The van der Waals surface area contributed by atoms with E-state index >= 15 is 4.39 Å². The molecule has 1 aliphatic heterocycles. The number of nitrogens with zero attached hydrogens (tertiary/aromatic N) is 1. The molecular formula is C27H38FN3O2. The first-order chi connectivity index (χ1) is 15.9. The van der Waals surface area contributed by atoms with Gasteiger partial charge >= 0.3 is 6.03 Å². The van der Waals surface area contributed by atoms with Crippen molar-refractivity contribution in [2.75, 3.05) is 33.2 Å². The molecule has 1 saturated heterocycles. The van der Waals surface area contributed by atoms with Crippen molar-refractivity contribution >= 4 is 6.03 Å². The monoisotopic (exact) mass is 455 g/mol. The molecule has 0 spiro atoms. The molecule has 2 aromatic carbocycles. The molecule has 33 heavy (non-hydrogen) atoms. The Balaban J connectivity index is 1.98. The maximum absolute atomic E-state index is 15.3. The van der Waals surface area contributed by atoms with E-state index in [-0.39, 0.29) is 17.8 Å². The van der Waals surface area contributed by atoms with E-state index in [1.807, 2.05) is 44.3 Å². The Morgan fingerprint density at radius 2 is 2.00 bits per heavy atom. The maximum Gasteiger partial charge on any atom is 0.317 e. The number of hydrogen-bond acceptors (Lipinski definition) is 3. The third kappa shape index (κ3) is 5.74. The van der Waals surface area contributed by atoms with Crippen LogP contribution in [0.15, 0.2) is 42.5 Å². The lowest BCUT2D eigenvalue weighted by Gasteiger charge is -2.43. The normalized spacial score (nSPS) is 18.1. The highest BCUT2D eigenvalue weighted by Crippen LogP contribution is 2.44. The van der Waals surface area contributed by atoms with E-state index in [1.165, 1.54) is 6.07 Å². The summed E-state index contributed by atoms with van der Waals surface area (Å²) in [6.45, 7) is 6.48. The summed E-state index contributed by atoms with van der Waals surface area (Å²) in [5.41, 5.74) is 1.79. The maximum atomic E-state index is 15.3. The lowest BCUT2D eigenvalue weighted by molar-refractivity contribution is -0.0541. The fourth-order valence-corrected chi connectivity index (χ4v) is 5.02. The Hall–Kier alpha value is -2.44. The van der Waals surface area contributed by atoms with Crippen molar-refractivity contribution in [3.63, 3.8) is 0 Å². The Kier molecular flexibility index (Phi) is 8.87. The van der Waals surface area contributed by atoms with E-state index in [2.05, 4.69) is 17.6 Å². The molecule has 2 unspecified atom stereocenters. The first-order valence-corrected chi connectivity index (χ1v) is 12.2. The fraction of sp³-hybridized carbons (Fsp3) is 0.519. The van der Waals surface area contributed by atoms with Gasteiger partial charge in [-0.15, -0.1) is 0 Å². The number of hydrogen-bond donors (Lipinski definition) is 3. The van der Waals surface area contributed by atoms with Crippen LogP contribution >= 0.6 is 0 Å². The lowest BCUT2D eigenvalue weighted by Crippen LogP contribution is -2.51. The average Bonchev–Trinajstić information content (AvgIpc) is 2.84. The minimum Gasteiger partial charge on any atom is -0.385 e. The summed E-state index contributed by atoms with van der Waals surface area (Å²) in [4.78, 5) is 14.5. The molecule has 5 nitrogen and oxygen atoms in total. The summed E-state index contributed by atoms with van der Waals surface area (Å²) >= 11 is 0. The number of likely N-dealkylation sites (tertiary alicyclic amines) is 1. The summed E-state index contributed by atoms with van der Waals surface area (Å²) in [6, 6.07) is 12.8. The van der Waals surface area contributed by atoms with Crippen molar-refractivity contribution in [1.82, 2.24) is 15.5 Å². The number of rotatable bonds is 9. The van der Waals surface area contributed by atoms with Crippen molar-refractivity contribution in [2.45, 2.75) is 51.6 Å². The third-order valence-electron chi connectivity index (χ3n) is 6.77. The second kappa shape index (κ2) is 11.6. The quantitative estimate of drug-likeness (QED) is 0.481. The van der Waals surface area contributed by atoms with Crippen LogP contribution in [0, 0.1) is 11.7 Å². The first-order valence-electron chi connectivity index (χ1n) is 12.2. The molecule has 0 aliphatic carbocycles. The Labute approximate surface area is 197 Å². The van der Waals surface area contributed by atoms with Crippen LogP contribution in [0.1, 0.15) is 50.7 Å². The number of benzene rings is 2. The highest BCUT2D eigenvalue weighted by Gasteiger charge is 2.42. The van der Waals surface area contributed by atoms with Gasteiger partial charge in [0.1, 0.15) is 5.82 Å². The molecule has 2 amide bonds. The van der Waals surface area contributed by atoms with Crippen LogP contribution in [0.3, 0.4) is 0 Å². The highest BCUT2D eigenvalue weighted by atomic mass is 19.1. The zero-order chi connectivity index (χ0) is 23.8. The van der Waals surface area contributed by atoms with E-state index in [4.69, 9.17) is 0 Å². The molecule has 1 heterocycles. The molecule has 3 rings (SSSR count). The smallest absolute Gasteiger partial charge is 0.317 e. The van der Waals surface area contributed by atoms with Gasteiger partial charge in [0.2, 0.25) is 0 Å². The number of halogens is 1. The minimum atomic E-state index is -1.22. The topological polar surface area (TPSA) is 64.6 Å². The number of carbonyl (C=O) groups is 1. The van der Waals surface area contributed by atoms with Crippen LogP contribution in [-0.2, 0) is 12.0 Å². The number of likely N-dealkylation sites (N-methyl/N-ethyl adjacent to an activating group) is 1. The third-order valence-corrected chi connectivity index (χ3v) is 6.77. The number of aryl methyl sites for hydroxylation is 1. The number of piperidine rings is 1. The zero-order valence-corrected chi connectivity index (χ0v) is 20.2. The summed E-state index contributed by atoms with van der Waals surface area (Å²) in [6.07, 6.45) is 3.73. The molecule has 6 heteroatoms. The summed E-state index contributed by atoms with van der Waals surface area (Å²) in [5, 5.41) is 18.1. The molecule has 2 aromatic rings. The van der Waals surface area contributed by atoms with Crippen molar-refractivity contribution in [3.05, 3.63) is 59.4 Å². The fourth-order valence-electron chi connectivity index (χ4n) is 5.02. The van der Waals surface area contributed by atoms with E-state index in [1.54, 1.807) is 11.0 Å². The largest absolute Gasteiger partial charge is 0.385 e. The zero-order valence-electron chi connectivity index (χ0n) is 20.2. The predicted octanol–water partition coefficient (Wildman–Crippen LogP) is 4.68. The van der Waals surface area contributed by atoms with Crippen LogP contribution < -0.4 is 10.6 Å². The van der Waals surface area contributed by atoms with E-state index in [0.29, 0.717) is 43.7 Å². The van der Waals surface area contributed by atoms with E-state index in [0.717, 1.165) is 36.8 Å². The van der Waals surface area contributed by atoms with Crippen molar-refractivity contribution < 1.29 is 14.3 Å². The van der Waals surface area contributed by atoms with Crippen LogP contribution in [0.5, 0.6) is 0 Å². The van der Waals surface area contributed by atoms with Crippen LogP contribution in [-0.4, -0.2) is 49.3 Å². The van der Waals surface area contributed by atoms with Crippen molar-refractivity contribution in [2.24, 2.45) is 5.92 Å². The molecular weight excluding hydrogens is 417 g/mol. The predicted molar refractivity (Wildman–Crippen MR) is 132 cm³/mol. The summed E-state index contributed by atoms with van der Waals surface area (Å²) < 4.78 is 15.3. The van der Waals surface area contributed by atoms with Crippen LogP contribution in [0.4, 0.5) is 9.18 Å². The van der Waals surface area contributed by atoms with Gasteiger partial charge in [-0.25, -0.2) is 9.18 Å². The standard InChI is InChI=1S/C27H38FN3O2/c1-4-14-27(33,22-11-8-17-31(19-22)26(32)30-16-15-29-3)23-12-7-13-24(28)25(23)21-10-6-9-20(5-2)18-21/h6-7,9-10,12-13,18,22,29,33H,4-5,8,11,14-17,19H2,1-3H3,(H,30,32). The molecule has 0 bridgehead atoms. The van der Waals surface area contributed by atoms with Crippen molar-refractivity contribution in [1.29, 1.82) is 0 Å². The molecule has 1 aliphatic rings. The van der Waals surface area contributed by atoms with Gasteiger partial charge in [0, 0.05) is 37.7 Å². The molecule has 0 saturated carbocycles. The van der Waals surface area contributed by atoms with Gasteiger partial charge in [-0.05, 0) is 55.5 Å². The van der Waals surface area contributed by atoms with Gasteiger partial charge in [0.25, 0.3) is 0 Å². The van der Waals surface area contributed by atoms with E-state index < -0.39 is 5.60 Å². The Morgan fingerprint density at radius 1 is 1.21 bits per heavy atom. The molecule has 2 atom stereocenters. The van der Waals surface area contributed by atoms with Gasteiger partial charge < -0.3 is 20.6 Å². The number of amides is 2. The summed E-state index contributed by atoms with van der Waals surface area (Å²) in [5.74, 6) is -0.496. The second-order valence-corrected chi connectivity index (χ2v) is 9.01. The van der Waals surface area contributed by atoms with Crippen LogP contribution in [0.2, 0.25) is 0 Å². The van der Waals surface area contributed by atoms with Crippen LogP contribution in [0.25, 0.3) is 11.1 Å². The second-order valence-electron chi connectivity index (χ2n) is 9.01. The van der Waals surface area contributed by atoms with Gasteiger partial charge in [-0.3, -0.25) is 0 Å². The number of urea groups is 1. The lowest BCUT2D eigenvalue weighted by atomic mass is 9.72. The average molecular weight is 456 g/mol. The minimum absolute atomic E-state index is 0.107. The van der Waals surface area contributed by atoms with Gasteiger partial charge in [-0.1, -0.05) is 56.7 Å². The first kappa shape index (κ1) is 25.2. The van der Waals surface area contributed by atoms with Crippen molar-refractivity contribution in [3.8, 4) is 11.1 Å². The van der Waals surface area contributed by atoms with Gasteiger partial charge in [0.15, 0.2) is 0 Å². The molecule has 0 aromatic heterocycles. The molecule has 180 valence electrons. The van der Waals surface area contributed by atoms with E-state index in [9.17, 15) is 9.90 Å². The van der Waals surface area contributed by atoms with Gasteiger partial charge in [0.05, 0.1) is 5.60 Å². The SMILES string of the molecule is CCCC(O)(c1cccc(F)c1-c1cccc(CC)c1)C1CCCN(C(=O)NCCNC)C1. The highest BCUT2D eigenvalue weighted by molar-refractivity contribution is 5.74. The molecule has 3 N–H and O–H groups in total. The Bertz CT molecular complexity index is 935. The number of carbonyl (C=O) groups excluding carboxylic acids is 1. The number of aliphatic hydroxyl groups is 1. The molecule has 0 radical (unpaired) electrons. The molecule has 1 fully saturated rings.